The number of rotatable bonds is 6. The molecule has 13 heteroatoms. The van der Waals surface area contributed by atoms with Crippen molar-refractivity contribution in [3.8, 4) is 22.9 Å². The first-order valence-electron chi connectivity index (χ1n) is 9.66. The van der Waals surface area contributed by atoms with Crippen LogP contribution >= 0.6 is 0 Å². The first-order chi connectivity index (χ1) is 15.8. The van der Waals surface area contributed by atoms with Gasteiger partial charge in [0.1, 0.15) is 5.75 Å². The average Bonchev–Trinajstić information content (AvgIpc) is 3.18. The van der Waals surface area contributed by atoms with Crippen LogP contribution in [0, 0.1) is 0 Å². The molecule has 2 aromatic heterocycles. The van der Waals surface area contributed by atoms with E-state index in [2.05, 4.69) is 15.4 Å². The van der Waals surface area contributed by atoms with Crippen LogP contribution in [0.5, 0.6) is 11.6 Å². The van der Waals surface area contributed by atoms with Crippen LogP contribution in [0.15, 0.2) is 48.8 Å². The SMILES string of the molecule is C[C@H](NC(=O)c1cnc(Oc2ccc(C(F)(F)F)cc2)c(-c2ccn(C)n2)c1)[C@@H](O)C(F)(F)F. The monoisotopic (exact) mass is 488 g/mol. The second kappa shape index (κ2) is 9.33. The molecule has 2 atom stereocenters. The quantitative estimate of drug-likeness (QED) is 0.504. The van der Waals surface area contributed by atoms with Crippen molar-refractivity contribution in [3.05, 3.63) is 59.9 Å². The molecule has 3 rings (SSSR count). The molecular weight excluding hydrogens is 470 g/mol. The Balaban J connectivity index is 1.90. The molecule has 2 heterocycles. The van der Waals surface area contributed by atoms with Crippen LogP contribution < -0.4 is 10.1 Å². The third-order valence-electron chi connectivity index (χ3n) is 4.67. The molecule has 0 aliphatic rings. The van der Waals surface area contributed by atoms with Crippen LogP contribution in [0.1, 0.15) is 22.8 Å². The number of aliphatic hydroxyl groups is 1. The van der Waals surface area contributed by atoms with Crippen molar-refractivity contribution in [2.75, 3.05) is 0 Å². The summed E-state index contributed by atoms with van der Waals surface area (Å²) in [7, 11) is 1.62. The number of benzene rings is 1. The number of aromatic nitrogens is 3. The largest absolute Gasteiger partial charge is 0.438 e. The maximum atomic E-state index is 12.8. The van der Waals surface area contributed by atoms with Crippen molar-refractivity contribution in [3.63, 3.8) is 0 Å². The highest BCUT2D eigenvalue weighted by molar-refractivity contribution is 5.95. The highest BCUT2D eigenvalue weighted by Gasteiger charge is 2.42. The number of ether oxygens (including phenoxy) is 1. The van der Waals surface area contributed by atoms with Crippen LogP contribution in [-0.4, -0.2) is 44.1 Å². The predicted molar refractivity (Wildman–Crippen MR) is 107 cm³/mol. The van der Waals surface area contributed by atoms with Crippen molar-refractivity contribution >= 4 is 5.91 Å². The first-order valence-corrected chi connectivity index (χ1v) is 9.66. The third-order valence-corrected chi connectivity index (χ3v) is 4.67. The van der Waals surface area contributed by atoms with Crippen molar-refractivity contribution < 1.29 is 41.0 Å². The summed E-state index contributed by atoms with van der Waals surface area (Å²) in [6, 6.07) is 5.00. The molecule has 34 heavy (non-hydrogen) atoms. The lowest BCUT2D eigenvalue weighted by Crippen LogP contribution is -2.48. The summed E-state index contributed by atoms with van der Waals surface area (Å²) >= 11 is 0. The number of amides is 1. The number of carbonyl (C=O) groups excluding carboxylic acids is 1. The maximum absolute atomic E-state index is 12.8. The standard InChI is InChI=1S/C21H18F6N4O3/c1-11(17(32)21(25,26)27)29-18(33)12-9-15(16-7-8-31(2)30-16)19(28-10-12)34-14-5-3-13(4-6-14)20(22,23)24/h3-11,17,32H,1-2H3,(H,29,33)/t11-,17+/m0/s1. The van der Waals surface area contributed by atoms with Gasteiger partial charge in [0.2, 0.25) is 5.88 Å². The molecule has 0 saturated carbocycles. The number of carbonyl (C=O) groups is 1. The van der Waals surface area contributed by atoms with Crippen LogP contribution in [0.2, 0.25) is 0 Å². The van der Waals surface area contributed by atoms with Gasteiger partial charge >= 0.3 is 12.4 Å². The normalized spacial score (nSPS) is 13.9. The van der Waals surface area contributed by atoms with E-state index in [0.29, 0.717) is 0 Å². The van der Waals surface area contributed by atoms with Gasteiger partial charge in [-0.1, -0.05) is 0 Å². The zero-order valence-electron chi connectivity index (χ0n) is 17.6. The van der Waals surface area contributed by atoms with E-state index in [1.807, 2.05) is 0 Å². The second-order valence-electron chi connectivity index (χ2n) is 7.32. The highest BCUT2D eigenvalue weighted by Crippen LogP contribution is 2.34. The molecule has 0 bridgehead atoms. The van der Waals surface area contributed by atoms with Gasteiger partial charge in [-0.15, -0.1) is 0 Å². The van der Waals surface area contributed by atoms with Crippen LogP contribution in [-0.2, 0) is 13.2 Å². The van der Waals surface area contributed by atoms with Crippen molar-refractivity contribution in [1.29, 1.82) is 0 Å². The molecule has 1 aromatic carbocycles. The molecule has 0 aliphatic carbocycles. The van der Waals surface area contributed by atoms with Crippen molar-refractivity contribution in [2.45, 2.75) is 31.4 Å². The lowest BCUT2D eigenvalue weighted by Gasteiger charge is -2.22. The summed E-state index contributed by atoms with van der Waals surface area (Å²) in [5.74, 6) is -1.02. The number of aliphatic hydroxyl groups excluding tert-OH is 1. The third kappa shape index (κ3) is 5.84. The van der Waals surface area contributed by atoms with Gasteiger partial charge in [0.15, 0.2) is 6.10 Å². The Labute approximate surface area is 189 Å². The number of pyridine rings is 1. The van der Waals surface area contributed by atoms with Gasteiger partial charge in [-0.3, -0.25) is 9.48 Å². The van der Waals surface area contributed by atoms with E-state index < -0.39 is 36.0 Å². The summed E-state index contributed by atoms with van der Waals surface area (Å²) in [6.07, 6.45) is -9.63. The molecule has 3 aromatic rings. The lowest BCUT2D eigenvalue weighted by molar-refractivity contribution is -0.209. The number of hydrogen-bond acceptors (Lipinski definition) is 5. The number of alkyl halides is 6. The van der Waals surface area contributed by atoms with Gasteiger partial charge in [0.25, 0.3) is 5.91 Å². The van der Waals surface area contributed by atoms with E-state index >= 15 is 0 Å². The van der Waals surface area contributed by atoms with E-state index in [0.717, 1.165) is 37.4 Å². The van der Waals surface area contributed by atoms with E-state index in [9.17, 15) is 36.2 Å². The smallest absolute Gasteiger partial charge is 0.416 e. The predicted octanol–water partition coefficient (Wildman–Crippen LogP) is 4.33. The van der Waals surface area contributed by atoms with Crippen molar-refractivity contribution in [2.24, 2.45) is 7.05 Å². The minimum atomic E-state index is -4.93. The number of halogens is 6. The molecule has 2 N–H and O–H groups in total. The Bertz CT molecular complexity index is 1160. The van der Waals surface area contributed by atoms with Gasteiger partial charge in [0, 0.05) is 19.4 Å². The van der Waals surface area contributed by atoms with Crippen LogP contribution in [0.25, 0.3) is 11.3 Å². The van der Waals surface area contributed by atoms with Gasteiger partial charge < -0.3 is 15.2 Å². The Kier molecular flexibility index (Phi) is 6.87. The summed E-state index contributed by atoms with van der Waals surface area (Å²) < 4.78 is 83.4. The van der Waals surface area contributed by atoms with Crippen molar-refractivity contribution in [1.82, 2.24) is 20.1 Å². The van der Waals surface area contributed by atoms with E-state index in [1.54, 1.807) is 19.3 Å². The fourth-order valence-electron chi connectivity index (χ4n) is 2.88. The lowest BCUT2D eigenvalue weighted by atomic mass is 10.1. The van der Waals surface area contributed by atoms with Crippen LogP contribution in [0.4, 0.5) is 26.3 Å². The molecule has 0 spiro atoms. The van der Waals surface area contributed by atoms with E-state index in [1.165, 1.54) is 10.7 Å². The van der Waals surface area contributed by atoms with Gasteiger partial charge in [-0.05, 0) is 43.3 Å². The van der Waals surface area contributed by atoms with E-state index in [4.69, 9.17) is 4.74 Å². The summed E-state index contributed by atoms with van der Waals surface area (Å²) in [4.78, 5) is 16.5. The Morgan fingerprint density at radius 3 is 2.29 bits per heavy atom. The molecule has 7 nitrogen and oxygen atoms in total. The fourth-order valence-corrected chi connectivity index (χ4v) is 2.88. The topological polar surface area (TPSA) is 89.3 Å². The molecule has 182 valence electrons. The molecular formula is C21H18F6N4O3. The van der Waals surface area contributed by atoms with Gasteiger partial charge in [0.05, 0.1) is 28.4 Å². The van der Waals surface area contributed by atoms with Gasteiger partial charge in [-0.2, -0.15) is 31.4 Å². The second-order valence-corrected chi connectivity index (χ2v) is 7.32. The minimum absolute atomic E-state index is 0.0248. The molecule has 0 aliphatic heterocycles. The zero-order chi connectivity index (χ0) is 25.3. The molecule has 0 radical (unpaired) electrons. The fraction of sp³-hybridized carbons (Fsp3) is 0.286. The molecule has 0 saturated heterocycles. The maximum Gasteiger partial charge on any atom is 0.416 e. The number of aryl methyl sites for hydroxylation is 1. The zero-order valence-corrected chi connectivity index (χ0v) is 17.6. The summed E-state index contributed by atoms with van der Waals surface area (Å²) in [5.41, 5.74) is -0.575. The van der Waals surface area contributed by atoms with Crippen LogP contribution in [0.3, 0.4) is 0 Å². The summed E-state index contributed by atoms with van der Waals surface area (Å²) in [6.45, 7) is 0.991. The average molecular weight is 488 g/mol. The molecule has 0 unspecified atom stereocenters. The van der Waals surface area contributed by atoms with E-state index in [-0.39, 0.29) is 28.5 Å². The number of nitrogens with zero attached hydrogens (tertiary/aromatic N) is 3. The highest BCUT2D eigenvalue weighted by atomic mass is 19.4. The van der Waals surface area contributed by atoms with Gasteiger partial charge in [-0.25, -0.2) is 4.98 Å². The first kappa shape index (κ1) is 25.0. The minimum Gasteiger partial charge on any atom is -0.438 e. The molecule has 0 fully saturated rings. The number of nitrogens with one attached hydrogen (secondary N) is 1. The Morgan fingerprint density at radius 1 is 1.12 bits per heavy atom. The number of hydrogen-bond donors (Lipinski definition) is 2. The summed E-state index contributed by atoms with van der Waals surface area (Å²) in [5, 5.41) is 15.5. The Morgan fingerprint density at radius 2 is 1.76 bits per heavy atom. The molecule has 1 amide bonds. The Hall–Kier alpha value is -3.61.